The first-order valence-corrected chi connectivity index (χ1v) is 8.16. The van der Waals surface area contributed by atoms with Crippen molar-refractivity contribution >= 4 is 24.3 Å². The van der Waals surface area contributed by atoms with E-state index in [0.717, 1.165) is 4.57 Å². The second kappa shape index (κ2) is 9.57. The van der Waals surface area contributed by atoms with Crippen LogP contribution in [0.15, 0.2) is 17.1 Å². The van der Waals surface area contributed by atoms with E-state index in [0.29, 0.717) is 0 Å². The molecule has 1 aliphatic rings. The van der Waals surface area contributed by atoms with Gasteiger partial charge in [-0.2, -0.15) is 4.98 Å². The molecule has 22 heavy (non-hydrogen) atoms. The Labute approximate surface area is 175 Å². The number of aliphatic hydroxyl groups excluding tert-OH is 1. The van der Waals surface area contributed by atoms with Crippen molar-refractivity contribution < 1.29 is 83.3 Å². The molecule has 112 valence electrons. The Kier molecular flexibility index (Phi) is 10.1. The van der Waals surface area contributed by atoms with E-state index in [-0.39, 0.29) is 71.4 Å². The van der Waals surface area contributed by atoms with Gasteiger partial charge in [0.15, 0.2) is 0 Å². The predicted molar refractivity (Wildman–Crippen MR) is 67.7 cm³/mol. The van der Waals surface area contributed by atoms with Crippen LogP contribution in [-0.2, 0) is 21.1 Å². The number of hydrogen-bond donors (Lipinski definition) is 2. The van der Waals surface area contributed by atoms with Crippen molar-refractivity contribution in [3.8, 4) is 0 Å². The van der Waals surface area contributed by atoms with Gasteiger partial charge in [0, 0.05) is 12.6 Å². The Balaban J connectivity index is 0.00000220. The normalized spacial score (nSPS) is 24.4. The van der Waals surface area contributed by atoms with E-state index in [2.05, 4.69) is 21.3 Å². The minimum absolute atomic E-state index is 0. The van der Waals surface area contributed by atoms with Crippen LogP contribution in [0.5, 0.6) is 0 Å². The predicted octanol–water partition coefficient (Wildman–Crippen LogP) is -8.56. The Morgan fingerprint density at radius 1 is 1.59 bits per heavy atom. The molecule has 9 nitrogen and oxygen atoms in total. The zero-order valence-electron chi connectivity index (χ0n) is 12.1. The fraction of sp³-hybridized carbons (Fsp3) is 0.556. The van der Waals surface area contributed by atoms with Gasteiger partial charge >= 0.3 is 64.8 Å². The third kappa shape index (κ3) is 6.56. The quantitative estimate of drug-likeness (QED) is 0.391. The Morgan fingerprint density at radius 3 is 2.77 bits per heavy atom. The summed E-state index contributed by atoms with van der Waals surface area (Å²) in [6.07, 6.45) is -1.16. The third-order valence-electron chi connectivity index (χ3n) is 2.76. The minimum atomic E-state index is -4.31. The van der Waals surface area contributed by atoms with Crippen molar-refractivity contribution in [3.05, 3.63) is 22.7 Å². The molecule has 0 unspecified atom stereocenters. The van der Waals surface area contributed by atoms with E-state index in [9.17, 15) is 19.7 Å². The molecule has 0 spiro atoms. The van der Waals surface area contributed by atoms with E-state index in [1.807, 2.05) is 0 Å². The summed E-state index contributed by atoms with van der Waals surface area (Å²) in [4.78, 5) is 36.6. The number of nitrogens with zero attached hydrogens (tertiary/aromatic N) is 2. The molecule has 0 saturated carbocycles. The van der Waals surface area contributed by atoms with Crippen LogP contribution in [-0.4, -0.2) is 33.5 Å². The molecule has 0 bridgehead atoms. The van der Waals surface area contributed by atoms with E-state index >= 15 is 0 Å². The van der Waals surface area contributed by atoms with Crippen molar-refractivity contribution in [2.24, 2.45) is 0 Å². The molecule has 1 aromatic rings. The van der Waals surface area contributed by atoms with Crippen molar-refractivity contribution in [3.63, 3.8) is 0 Å². The molecule has 13 heteroatoms. The zero-order chi connectivity index (χ0) is 14.9. The summed E-state index contributed by atoms with van der Waals surface area (Å²) >= 11 is 4.08. The molecular weight excluding hydrogens is 355 g/mol. The molecular formula is C9H12N3Na2O6PS. The monoisotopic (exact) mass is 367 g/mol. The molecule has 1 aromatic heterocycles. The van der Waals surface area contributed by atoms with Crippen LogP contribution in [0.2, 0.25) is 0 Å². The van der Waals surface area contributed by atoms with Gasteiger partial charge in [0.05, 0.1) is 12.7 Å². The van der Waals surface area contributed by atoms with Gasteiger partial charge < -0.3 is 29.9 Å². The second-order valence-corrected chi connectivity index (χ2v) is 6.71. The molecule has 1 fully saturated rings. The van der Waals surface area contributed by atoms with E-state index in [1.165, 1.54) is 12.3 Å². The first-order valence-electron chi connectivity index (χ1n) is 5.61. The fourth-order valence-corrected chi connectivity index (χ4v) is 2.36. The number of hydrogen-bond acceptors (Lipinski definition) is 9. The smallest absolute Gasteiger partial charge is 0.812 e. The molecule has 3 N–H and O–H groups in total. The summed E-state index contributed by atoms with van der Waals surface area (Å²) in [6, 6.07) is 1.41. The number of aromatic nitrogens is 2. The molecule has 3 atom stereocenters. The van der Waals surface area contributed by atoms with Gasteiger partial charge in [-0.25, -0.2) is 4.79 Å². The van der Waals surface area contributed by atoms with Crippen LogP contribution in [0, 0.1) is 0 Å². The Morgan fingerprint density at radius 2 is 2.23 bits per heavy atom. The SMILES string of the molecule is Nc1ccn([C@H]2C[C@H](O)[C@@H](COP([O-])([O-])=S)O2)c(=O)n1.[Na+].[Na+]. The van der Waals surface area contributed by atoms with E-state index in [4.69, 9.17) is 10.5 Å². The summed E-state index contributed by atoms with van der Waals surface area (Å²) in [5.41, 5.74) is 4.74. The third-order valence-corrected chi connectivity index (χ3v) is 3.54. The molecule has 0 amide bonds. The number of ether oxygens (including phenoxy) is 1. The summed E-state index contributed by atoms with van der Waals surface area (Å²) < 4.78 is 11.0. The number of anilines is 1. The molecule has 0 aliphatic carbocycles. The van der Waals surface area contributed by atoms with Gasteiger partial charge in [0.25, 0.3) is 0 Å². The first-order chi connectivity index (χ1) is 9.26. The zero-order valence-corrected chi connectivity index (χ0v) is 17.8. The van der Waals surface area contributed by atoms with E-state index in [1.54, 1.807) is 0 Å². The average Bonchev–Trinajstić information content (AvgIpc) is 2.67. The van der Waals surface area contributed by atoms with Gasteiger partial charge in [-0.3, -0.25) is 4.57 Å². The largest absolute Gasteiger partial charge is 1.00 e. The maximum absolute atomic E-state index is 11.6. The standard InChI is InChI=1S/C9H14N3O6PS.2Na/c10-7-1-2-12(9(14)11-7)8-3-5(13)6(18-8)4-17-19(15,16)20;;/h1-2,5-6,8,13H,3-4H2,(H2,10,11,14)(H2,15,16,20);;/q;2*+1/p-2/t5-,6+,8+;;/m0../s1. The van der Waals surface area contributed by atoms with Crippen LogP contribution < -0.4 is 80.3 Å². The van der Waals surface area contributed by atoms with Gasteiger partial charge in [0.2, 0.25) is 0 Å². The maximum atomic E-state index is 11.6. The topological polar surface area (TPSA) is 146 Å². The van der Waals surface area contributed by atoms with Crippen molar-refractivity contribution in [2.45, 2.75) is 24.9 Å². The molecule has 2 rings (SSSR count). The fourth-order valence-electron chi connectivity index (χ4n) is 1.85. The van der Waals surface area contributed by atoms with Crippen molar-refractivity contribution in [1.82, 2.24) is 9.55 Å². The second-order valence-electron chi connectivity index (χ2n) is 4.22. The van der Waals surface area contributed by atoms with Gasteiger partial charge in [-0.05, 0) is 6.07 Å². The van der Waals surface area contributed by atoms with Gasteiger partial charge in [0.1, 0.15) is 18.1 Å². The van der Waals surface area contributed by atoms with Gasteiger partial charge in [-0.15, -0.1) is 11.8 Å². The molecule has 2 heterocycles. The summed E-state index contributed by atoms with van der Waals surface area (Å²) in [7, 11) is 0. The number of nitrogens with two attached hydrogens (primary N) is 1. The van der Waals surface area contributed by atoms with Crippen LogP contribution in [0.25, 0.3) is 0 Å². The van der Waals surface area contributed by atoms with Crippen LogP contribution in [0.1, 0.15) is 12.6 Å². The average molecular weight is 367 g/mol. The summed E-state index contributed by atoms with van der Waals surface area (Å²) in [5.74, 6) is 0.0723. The van der Waals surface area contributed by atoms with Crippen molar-refractivity contribution in [1.29, 1.82) is 0 Å². The minimum Gasteiger partial charge on any atom is -0.812 e. The van der Waals surface area contributed by atoms with Gasteiger partial charge in [-0.1, -0.05) is 6.72 Å². The van der Waals surface area contributed by atoms with Crippen LogP contribution in [0.4, 0.5) is 5.82 Å². The van der Waals surface area contributed by atoms with Crippen LogP contribution in [0.3, 0.4) is 0 Å². The summed E-state index contributed by atoms with van der Waals surface area (Å²) in [5, 5.41) is 9.77. The number of aliphatic hydroxyl groups is 1. The van der Waals surface area contributed by atoms with Crippen molar-refractivity contribution in [2.75, 3.05) is 12.3 Å². The Bertz CT molecular complexity index is 599. The molecule has 1 aliphatic heterocycles. The van der Waals surface area contributed by atoms with Crippen LogP contribution >= 0.6 is 6.72 Å². The number of nitrogen functional groups attached to an aromatic ring is 1. The molecule has 0 aromatic carbocycles. The molecule has 1 saturated heterocycles. The number of rotatable bonds is 4. The van der Waals surface area contributed by atoms with E-state index < -0.39 is 37.5 Å². The first kappa shape index (κ1) is 23.1. The summed E-state index contributed by atoms with van der Waals surface area (Å²) in [6.45, 7) is -4.71. The Hall–Kier alpha value is 1.13. The maximum Gasteiger partial charge on any atom is 1.00 e. The molecule has 0 radical (unpaired) electrons.